The molecule has 0 heterocycles. The summed E-state index contributed by atoms with van der Waals surface area (Å²) in [5.41, 5.74) is 2.12. The van der Waals surface area contributed by atoms with Crippen LogP contribution in [0.2, 0.25) is 0 Å². The minimum Gasteiger partial charge on any atom is -0.491 e. The Labute approximate surface area is 160 Å². The van der Waals surface area contributed by atoms with Gasteiger partial charge >= 0.3 is 5.97 Å². The first-order valence-corrected chi connectivity index (χ1v) is 8.84. The number of carbonyl (C=O) groups excluding carboxylic acids is 1. The molecule has 2 aromatic rings. The van der Waals surface area contributed by atoms with Crippen molar-refractivity contribution < 1.29 is 24.1 Å². The summed E-state index contributed by atoms with van der Waals surface area (Å²) in [4.78, 5) is 11.0. The highest BCUT2D eigenvalue weighted by atomic mass is 16.6. The SMILES string of the molecule is C=CC(=O)OCCOc1ccc(C(C)(C)c2ccc(OCCO)cc2)cc1. The molecule has 0 aliphatic heterocycles. The van der Waals surface area contributed by atoms with Crippen molar-refractivity contribution in [3.63, 3.8) is 0 Å². The highest BCUT2D eigenvalue weighted by Gasteiger charge is 2.23. The summed E-state index contributed by atoms with van der Waals surface area (Å²) in [7, 11) is 0. The zero-order valence-electron chi connectivity index (χ0n) is 15.8. The molecule has 5 nitrogen and oxygen atoms in total. The van der Waals surface area contributed by atoms with Gasteiger partial charge in [0.05, 0.1) is 6.61 Å². The van der Waals surface area contributed by atoms with Gasteiger partial charge in [-0.1, -0.05) is 44.7 Å². The lowest BCUT2D eigenvalue weighted by Crippen LogP contribution is -2.18. The summed E-state index contributed by atoms with van der Waals surface area (Å²) in [5, 5.41) is 8.83. The molecule has 0 atom stereocenters. The van der Waals surface area contributed by atoms with E-state index in [4.69, 9.17) is 19.3 Å². The quantitative estimate of drug-likeness (QED) is 0.394. The lowest BCUT2D eigenvalue weighted by Gasteiger charge is -2.26. The van der Waals surface area contributed by atoms with E-state index in [1.165, 1.54) is 0 Å². The molecule has 144 valence electrons. The van der Waals surface area contributed by atoms with Gasteiger partial charge in [-0.05, 0) is 35.4 Å². The summed E-state index contributed by atoms with van der Waals surface area (Å²) in [5.74, 6) is 1.00. The molecular weight excluding hydrogens is 344 g/mol. The van der Waals surface area contributed by atoms with Gasteiger partial charge in [0.1, 0.15) is 31.3 Å². The van der Waals surface area contributed by atoms with Crippen LogP contribution in [0.5, 0.6) is 11.5 Å². The Bertz CT molecular complexity index is 732. The predicted molar refractivity (Wildman–Crippen MR) is 104 cm³/mol. The van der Waals surface area contributed by atoms with Crippen molar-refractivity contribution in [1.82, 2.24) is 0 Å². The first-order chi connectivity index (χ1) is 13.0. The molecule has 0 unspecified atom stereocenters. The Hall–Kier alpha value is -2.79. The summed E-state index contributed by atoms with van der Waals surface area (Å²) < 4.78 is 15.9. The van der Waals surface area contributed by atoms with Crippen LogP contribution in [0.4, 0.5) is 0 Å². The minimum atomic E-state index is -0.455. The molecule has 0 radical (unpaired) electrons. The van der Waals surface area contributed by atoms with Crippen LogP contribution >= 0.6 is 0 Å². The second-order valence-electron chi connectivity index (χ2n) is 6.47. The normalized spacial score (nSPS) is 10.9. The molecule has 0 amide bonds. The maximum Gasteiger partial charge on any atom is 0.330 e. The molecule has 5 heteroatoms. The number of aliphatic hydroxyl groups excluding tert-OH is 1. The second-order valence-corrected chi connectivity index (χ2v) is 6.47. The maximum atomic E-state index is 11.0. The second kappa shape index (κ2) is 9.78. The van der Waals surface area contributed by atoms with Crippen molar-refractivity contribution in [2.45, 2.75) is 19.3 Å². The van der Waals surface area contributed by atoms with Gasteiger partial charge in [-0.25, -0.2) is 4.79 Å². The molecule has 1 N–H and O–H groups in total. The first-order valence-electron chi connectivity index (χ1n) is 8.84. The lowest BCUT2D eigenvalue weighted by atomic mass is 9.78. The van der Waals surface area contributed by atoms with Gasteiger partial charge in [0.15, 0.2) is 0 Å². The van der Waals surface area contributed by atoms with Gasteiger partial charge in [-0.2, -0.15) is 0 Å². The molecule has 2 rings (SSSR count). The molecule has 0 saturated carbocycles. The van der Waals surface area contributed by atoms with E-state index in [1.807, 2.05) is 48.5 Å². The van der Waals surface area contributed by atoms with Crippen LogP contribution in [0.3, 0.4) is 0 Å². The fourth-order valence-corrected chi connectivity index (χ4v) is 2.63. The first kappa shape index (κ1) is 20.5. The van der Waals surface area contributed by atoms with Crippen LogP contribution in [0.15, 0.2) is 61.2 Å². The largest absolute Gasteiger partial charge is 0.491 e. The van der Waals surface area contributed by atoms with Crippen LogP contribution in [-0.4, -0.2) is 37.5 Å². The Morgan fingerprint density at radius 3 is 1.85 bits per heavy atom. The van der Waals surface area contributed by atoms with E-state index in [9.17, 15) is 4.79 Å². The van der Waals surface area contributed by atoms with Gasteiger partial charge in [0.25, 0.3) is 0 Å². The molecule has 27 heavy (non-hydrogen) atoms. The minimum absolute atomic E-state index is 0.00163. The van der Waals surface area contributed by atoms with Crippen LogP contribution in [0.25, 0.3) is 0 Å². The summed E-state index contributed by atoms with van der Waals surface area (Å²) in [6.45, 7) is 8.41. The van der Waals surface area contributed by atoms with Crippen molar-refractivity contribution in [3.8, 4) is 11.5 Å². The van der Waals surface area contributed by atoms with E-state index in [0.29, 0.717) is 0 Å². The van der Waals surface area contributed by atoms with Crippen LogP contribution < -0.4 is 9.47 Å². The number of ether oxygens (including phenoxy) is 3. The molecule has 0 aliphatic carbocycles. The van der Waals surface area contributed by atoms with E-state index in [1.54, 1.807) is 0 Å². The van der Waals surface area contributed by atoms with Gasteiger partial charge in [-0.15, -0.1) is 0 Å². The zero-order chi connectivity index (χ0) is 19.7. The number of rotatable bonds is 10. The number of hydrogen-bond donors (Lipinski definition) is 1. The van der Waals surface area contributed by atoms with E-state index in [-0.39, 0.29) is 31.8 Å². The summed E-state index contributed by atoms with van der Waals surface area (Å²) in [6, 6.07) is 15.8. The van der Waals surface area contributed by atoms with Crippen molar-refractivity contribution in [3.05, 3.63) is 72.3 Å². The Kier molecular flexibility index (Phi) is 7.44. The van der Waals surface area contributed by atoms with Crippen LogP contribution in [0.1, 0.15) is 25.0 Å². The standard InChI is InChI=1S/C22H26O5/c1-4-21(24)27-16-15-26-20-11-7-18(8-12-20)22(2,3)17-5-9-19(10-6-17)25-14-13-23/h4-12,23H,1,13-16H2,2-3H3. The van der Waals surface area contributed by atoms with Crippen LogP contribution in [0, 0.1) is 0 Å². The molecular formula is C22H26O5. The van der Waals surface area contributed by atoms with Gasteiger partial charge in [0.2, 0.25) is 0 Å². The summed E-state index contributed by atoms with van der Waals surface area (Å²) >= 11 is 0. The van der Waals surface area contributed by atoms with Gasteiger partial charge in [0, 0.05) is 11.5 Å². The monoisotopic (exact) mass is 370 g/mol. The molecule has 0 spiro atoms. The van der Waals surface area contributed by atoms with E-state index in [0.717, 1.165) is 28.7 Å². The third-order valence-electron chi connectivity index (χ3n) is 4.28. The van der Waals surface area contributed by atoms with E-state index >= 15 is 0 Å². The van der Waals surface area contributed by atoms with E-state index < -0.39 is 5.97 Å². The third-order valence-corrected chi connectivity index (χ3v) is 4.28. The van der Waals surface area contributed by atoms with Gasteiger partial charge < -0.3 is 19.3 Å². The molecule has 0 fully saturated rings. The number of esters is 1. The van der Waals surface area contributed by atoms with Crippen molar-refractivity contribution in [2.24, 2.45) is 0 Å². The fraction of sp³-hybridized carbons (Fsp3) is 0.318. The number of carbonyl (C=O) groups is 1. The van der Waals surface area contributed by atoms with Crippen molar-refractivity contribution >= 4 is 5.97 Å². The average molecular weight is 370 g/mol. The summed E-state index contributed by atoms with van der Waals surface area (Å²) in [6.07, 6.45) is 1.13. The lowest BCUT2D eigenvalue weighted by molar-refractivity contribution is -0.138. The Morgan fingerprint density at radius 2 is 1.41 bits per heavy atom. The smallest absolute Gasteiger partial charge is 0.330 e. The topological polar surface area (TPSA) is 65.0 Å². The van der Waals surface area contributed by atoms with E-state index in [2.05, 4.69) is 20.4 Å². The molecule has 0 aliphatic rings. The van der Waals surface area contributed by atoms with Crippen molar-refractivity contribution in [2.75, 3.05) is 26.4 Å². The predicted octanol–water partition coefficient (Wildman–Crippen LogP) is 3.49. The number of hydrogen-bond acceptors (Lipinski definition) is 5. The molecule has 0 bridgehead atoms. The Morgan fingerprint density at radius 1 is 0.926 bits per heavy atom. The van der Waals surface area contributed by atoms with Crippen LogP contribution in [-0.2, 0) is 14.9 Å². The average Bonchev–Trinajstić information content (AvgIpc) is 2.70. The zero-order valence-corrected chi connectivity index (χ0v) is 15.8. The molecule has 2 aromatic carbocycles. The molecule has 0 saturated heterocycles. The fourth-order valence-electron chi connectivity index (χ4n) is 2.63. The number of aliphatic hydroxyl groups is 1. The highest BCUT2D eigenvalue weighted by Crippen LogP contribution is 2.33. The number of benzene rings is 2. The highest BCUT2D eigenvalue weighted by molar-refractivity contribution is 5.81. The van der Waals surface area contributed by atoms with Gasteiger partial charge in [-0.3, -0.25) is 0 Å². The van der Waals surface area contributed by atoms with Crippen molar-refractivity contribution in [1.29, 1.82) is 0 Å². The third kappa shape index (κ3) is 5.86. The Balaban J connectivity index is 1.97. The molecule has 0 aromatic heterocycles. The maximum absolute atomic E-state index is 11.0.